The Hall–Kier alpha value is -0.930. The molecule has 1 aromatic carbocycles. The molecule has 1 saturated carbocycles. The number of rotatable bonds is 6. The van der Waals surface area contributed by atoms with E-state index in [9.17, 15) is 4.39 Å². The van der Waals surface area contributed by atoms with Crippen LogP contribution in [0.15, 0.2) is 24.3 Å². The van der Waals surface area contributed by atoms with E-state index in [1.165, 1.54) is 25.0 Å². The minimum Gasteiger partial charge on any atom is -0.329 e. The molecule has 1 aliphatic carbocycles. The number of nitrogens with two attached hydrogens (primary N) is 1. The van der Waals surface area contributed by atoms with Crippen molar-refractivity contribution in [2.75, 3.05) is 13.1 Å². The van der Waals surface area contributed by atoms with Crippen LogP contribution in [0.1, 0.15) is 38.3 Å². The Labute approximate surface area is 109 Å². The molecule has 1 aromatic rings. The molecule has 2 rings (SSSR count). The standard InChI is InChI=1S/C15H23FN2/c1-11(2)10-18(14-7-8-14)15(9-17)12-3-5-13(16)6-4-12/h3-6,11,14-15H,7-10,17H2,1-2H3. The largest absolute Gasteiger partial charge is 0.329 e. The molecular weight excluding hydrogens is 227 g/mol. The summed E-state index contributed by atoms with van der Waals surface area (Å²) < 4.78 is 13.0. The monoisotopic (exact) mass is 250 g/mol. The lowest BCUT2D eigenvalue weighted by atomic mass is 10.0. The quantitative estimate of drug-likeness (QED) is 0.841. The van der Waals surface area contributed by atoms with Crippen molar-refractivity contribution in [1.29, 1.82) is 0 Å². The van der Waals surface area contributed by atoms with E-state index in [0.29, 0.717) is 18.5 Å². The molecule has 100 valence electrons. The van der Waals surface area contributed by atoms with Gasteiger partial charge >= 0.3 is 0 Å². The predicted molar refractivity (Wildman–Crippen MR) is 72.8 cm³/mol. The van der Waals surface area contributed by atoms with E-state index in [2.05, 4.69) is 18.7 Å². The minimum absolute atomic E-state index is 0.184. The van der Waals surface area contributed by atoms with E-state index in [-0.39, 0.29) is 11.9 Å². The first-order valence-electron chi connectivity index (χ1n) is 6.83. The Morgan fingerprint density at radius 2 is 1.89 bits per heavy atom. The Kier molecular flexibility index (Phi) is 4.36. The Morgan fingerprint density at radius 1 is 1.28 bits per heavy atom. The van der Waals surface area contributed by atoms with Crippen molar-refractivity contribution in [3.8, 4) is 0 Å². The molecule has 0 aromatic heterocycles. The molecule has 2 nitrogen and oxygen atoms in total. The summed E-state index contributed by atoms with van der Waals surface area (Å²) in [5, 5.41) is 0. The summed E-state index contributed by atoms with van der Waals surface area (Å²) in [5.41, 5.74) is 7.08. The van der Waals surface area contributed by atoms with Crippen LogP contribution >= 0.6 is 0 Å². The molecule has 1 atom stereocenters. The van der Waals surface area contributed by atoms with Crippen LogP contribution in [0, 0.1) is 11.7 Å². The zero-order chi connectivity index (χ0) is 13.1. The molecule has 2 N–H and O–H groups in total. The van der Waals surface area contributed by atoms with Crippen LogP contribution in [0.4, 0.5) is 4.39 Å². The van der Waals surface area contributed by atoms with Gasteiger partial charge in [-0.1, -0.05) is 26.0 Å². The van der Waals surface area contributed by atoms with Crippen LogP contribution in [0.3, 0.4) is 0 Å². The topological polar surface area (TPSA) is 29.3 Å². The summed E-state index contributed by atoms with van der Waals surface area (Å²) in [6, 6.07) is 7.67. The summed E-state index contributed by atoms with van der Waals surface area (Å²) in [6.07, 6.45) is 2.54. The van der Waals surface area contributed by atoms with Gasteiger partial charge < -0.3 is 5.73 Å². The van der Waals surface area contributed by atoms with Gasteiger partial charge in [0.05, 0.1) is 0 Å². The third-order valence-electron chi connectivity index (χ3n) is 3.47. The average Bonchev–Trinajstić information content (AvgIpc) is 3.14. The second-order valence-electron chi connectivity index (χ2n) is 5.62. The molecule has 3 heteroatoms. The first kappa shape index (κ1) is 13.5. The summed E-state index contributed by atoms with van der Waals surface area (Å²) in [7, 11) is 0. The van der Waals surface area contributed by atoms with Crippen LogP contribution in [0.2, 0.25) is 0 Å². The highest BCUT2D eigenvalue weighted by molar-refractivity contribution is 5.21. The molecular formula is C15H23FN2. The van der Waals surface area contributed by atoms with Crippen molar-refractivity contribution in [2.24, 2.45) is 11.7 Å². The third kappa shape index (κ3) is 3.30. The lowest BCUT2D eigenvalue weighted by Crippen LogP contribution is -2.38. The van der Waals surface area contributed by atoms with Crippen molar-refractivity contribution in [2.45, 2.75) is 38.8 Å². The maximum absolute atomic E-state index is 13.0. The summed E-state index contributed by atoms with van der Waals surface area (Å²) in [6.45, 7) is 6.11. The highest BCUT2D eigenvalue weighted by atomic mass is 19.1. The molecule has 0 spiro atoms. The fourth-order valence-electron chi connectivity index (χ4n) is 2.51. The van der Waals surface area contributed by atoms with Gasteiger partial charge in [0.2, 0.25) is 0 Å². The molecule has 0 saturated heterocycles. The van der Waals surface area contributed by atoms with Crippen molar-refractivity contribution in [3.05, 3.63) is 35.6 Å². The third-order valence-corrected chi connectivity index (χ3v) is 3.47. The van der Waals surface area contributed by atoms with Gasteiger partial charge in [0, 0.05) is 25.2 Å². The van der Waals surface area contributed by atoms with Gasteiger partial charge in [0.15, 0.2) is 0 Å². The fourth-order valence-corrected chi connectivity index (χ4v) is 2.51. The number of hydrogen-bond acceptors (Lipinski definition) is 2. The Morgan fingerprint density at radius 3 is 2.33 bits per heavy atom. The predicted octanol–water partition coefficient (Wildman–Crippen LogP) is 2.95. The molecule has 18 heavy (non-hydrogen) atoms. The molecule has 0 radical (unpaired) electrons. The van der Waals surface area contributed by atoms with Crippen LogP contribution in [0.25, 0.3) is 0 Å². The van der Waals surface area contributed by atoms with Gasteiger partial charge in [-0.25, -0.2) is 4.39 Å². The van der Waals surface area contributed by atoms with Gasteiger partial charge in [-0.2, -0.15) is 0 Å². The summed E-state index contributed by atoms with van der Waals surface area (Å²) in [4.78, 5) is 2.50. The summed E-state index contributed by atoms with van der Waals surface area (Å²) >= 11 is 0. The minimum atomic E-state index is -0.184. The van der Waals surface area contributed by atoms with Crippen LogP contribution in [-0.4, -0.2) is 24.0 Å². The van der Waals surface area contributed by atoms with Crippen molar-refractivity contribution in [3.63, 3.8) is 0 Å². The van der Waals surface area contributed by atoms with Crippen LogP contribution in [-0.2, 0) is 0 Å². The fraction of sp³-hybridized carbons (Fsp3) is 0.600. The maximum atomic E-state index is 13.0. The molecule has 0 heterocycles. The van der Waals surface area contributed by atoms with E-state index in [1.54, 1.807) is 0 Å². The van der Waals surface area contributed by atoms with E-state index in [4.69, 9.17) is 5.73 Å². The van der Waals surface area contributed by atoms with E-state index < -0.39 is 0 Å². The molecule has 0 aliphatic heterocycles. The molecule has 0 bridgehead atoms. The highest BCUT2D eigenvalue weighted by Crippen LogP contribution is 2.34. The van der Waals surface area contributed by atoms with Crippen LogP contribution < -0.4 is 5.73 Å². The van der Waals surface area contributed by atoms with E-state index in [0.717, 1.165) is 12.1 Å². The van der Waals surface area contributed by atoms with Gasteiger partial charge in [-0.05, 0) is 36.5 Å². The van der Waals surface area contributed by atoms with Crippen LogP contribution in [0.5, 0.6) is 0 Å². The number of halogens is 1. The molecule has 1 aliphatic rings. The van der Waals surface area contributed by atoms with Gasteiger partial charge in [-0.3, -0.25) is 4.90 Å². The van der Waals surface area contributed by atoms with Gasteiger partial charge in [-0.15, -0.1) is 0 Å². The molecule has 1 unspecified atom stereocenters. The first-order chi connectivity index (χ1) is 8.61. The van der Waals surface area contributed by atoms with E-state index in [1.807, 2.05) is 12.1 Å². The Balaban J connectivity index is 2.16. The second-order valence-corrected chi connectivity index (χ2v) is 5.62. The highest BCUT2D eigenvalue weighted by Gasteiger charge is 2.34. The Bertz CT molecular complexity index is 371. The van der Waals surface area contributed by atoms with Crippen molar-refractivity contribution < 1.29 is 4.39 Å². The van der Waals surface area contributed by atoms with Gasteiger partial charge in [0.25, 0.3) is 0 Å². The molecule has 0 amide bonds. The summed E-state index contributed by atoms with van der Waals surface area (Å²) in [5.74, 6) is 0.441. The van der Waals surface area contributed by atoms with Gasteiger partial charge in [0.1, 0.15) is 5.82 Å². The number of hydrogen-bond donors (Lipinski definition) is 1. The first-order valence-corrected chi connectivity index (χ1v) is 6.83. The lowest BCUT2D eigenvalue weighted by Gasteiger charge is -2.32. The normalized spacial score (nSPS) is 17.4. The zero-order valence-electron chi connectivity index (χ0n) is 11.3. The average molecular weight is 250 g/mol. The van der Waals surface area contributed by atoms with E-state index >= 15 is 0 Å². The van der Waals surface area contributed by atoms with Crippen molar-refractivity contribution >= 4 is 0 Å². The lowest BCUT2D eigenvalue weighted by molar-refractivity contribution is 0.169. The smallest absolute Gasteiger partial charge is 0.123 e. The zero-order valence-corrected chi connectivity index (χ0v) is 11.3. The number of benzene rings is 1. The van der Waals surface area contributed by atoms with Crippen molar-refractivity contribution in [1.82, 2.24) is 4.90 Å². The molecule has 1 fully saturated rings. The second kappa shape index (κ2) is 5.81. The maximum Gasteiger partial charge on any atom is 0.123 e. The number of nitrogens with zero attached hydrogens (tertiary/aromatic N) is 1. The SMILES string of the molecule is CC(C)CN(C1CC1)C(CN)c1ccc(F)cc1.